The van der Waals surface area contributed by atoms with Crippen molar-refractivity contribution in [2.75, 3.05) is 37.0 Å². The molecule has 8 heteroatoms. The van der Waals surface area contributed by atoms with E-state index in [9.17, 15) is 4.79 Å². The van der Waals surface area contributed by atoms with Crippen LogP contribution in [0.4, 0.5) is 5.82 Å². The second-order valence-electron chi connectivity index (χ2n) is 5.47. The van der Waals surface area contributed by atoms with Crippen molar-refractivity contribution in [3.8, 4) is 0 Å². The molecule has 0 bridgehead atoms. The number of nitrogens with zero attached hydrogens (tertiary/aromatic N) is 3. The highest BCUT2D eigenvalue weighted by Gasteiger charge is 2.13. The molecule has 132 valence electrons. The van der Waals surface area contributed by atoms with Crippen LogP contribution >= 0.6 is 23.4 Å². The summed E-state index contributed by atoms with van der Waals surface area (Å²) in [5, 5.41) is 4.31. The molecule has 2 aromatic rings. The third-order valence-corrected chi connectivity index (χ3v) is 5.04. The van der Waals surface area contributed by atoms with E-state index in [2.05, 4.69) is 20.2 Å². The quantitative estimate of drug-likeness (QED) is 0.615. The van der Waals surface area contributed by atoms with Crippen molar-refractivity contribution in [3.63, 3.8) is 0 Å². The SMILES string of the molecule is O=C(CSc1cc(N2CCOCC2)ncn1)NCc1ccccc1Cl. The lowest BCUT2D eigenvalue weighted by Crippen LogP contribution is -2.36. The number of hydrogen-bond donors (Lipinski definition) is 1. The van der Waals surface area contributed by atoms with Crippen LogP contribution in [0.15, 0.2) is 41.7 Å². The van der Waals surface area contributed by atoms with Crippen LogP contribution in [0, 0.1) is 0 Å². The fraction of sp³-hybridized carbons (Fsp3) is 0.353. The second kappa shape index (κ2) is 9.03. The average molecular weight is 379 g/mol. The fourth-order valence-corrected chi connectivity index (χ4v) is 3.29. The first-order valence-electron chi connectivity index (χ1n) is 8.00. The molecule has 0 unspecified atom stereocenters. The molecule has 1 aromatic heterocycles. The Morgan fingerprint density at radius 2 is 2.08 bits per heavy atom. The predicted octanol–water partition coefficient (Wildman–Crippen LogP) is 2.38. The number of thioether (sulfide) groups is 1. The second-order valence-corrected chi connectivity index (χ2v) is 6.87. The van der Waals surface area contributed by atoms with E-state index < -0.39 is 0 Å². The monoisotopic (exact) mass is 378 g/mol. The van der Waals surface area contributed by atoms with Crippen molar-refractivity contribution in [2.45, 2.75) is 11.6 Å². The topological polar surface area (TPSA) is 67.4 Å². The smallest absolute Gasteiger partial charge is 0.230 e. The molecule has 1 amide bonds. The number of halogens is 1. The summed E-state index contributed by atoms with van der Waals surface area (Å²) in [4.78, 5) is 22.7. The molecular formula is C17H19ClN4O2S. The van der Waals surface area contributed by atoms with E-state index >= 15 is 0 Å². The number of carbonyl (C=O) groups excluding carboxylic acids is 1. The lowest BCUT2D eigenvalue weighted by molar-refractivity contribution is -0.118. The Morgan fingerprint density at radius 3 is 2.88 bits per heavy atom. The number of morpholine rings is 1. The average Bonchev–Trinajstić information content (AvgIpc) is 2.67. The third-order valence-electron chi connectivity index (χ3n) is 3.75. The number of nitrogens with one attached hydrogen (secondary N) is 1. The van der Waals surface area contributed by atoms with E-state index in [0.29, 0.717) is 30.5 Å². The Bertz CT molecular complexity index is 725. The van der Waals surface area contributed by atoms with Gasteiger partial charge in [0.25, 0.3) is 0 Å². The predicted molar refractivity (Wildman–Crippen MR) is 99.1 cm³/mol. The molecule has 0 atom stereocenters. The highest BCUT2D eigenvalue weighted by atomic mass is 35.5. The highest BCUT2D eigenvalue weighted by molar-refractivity contribution is 7.99. The number of amides is 1. The molecule has 0 spiro atoms. The minimum Gasteiger partial charge on any atom is -0.378 e. The summed E-state index contributed by atoms with van der Waals surface area (Å²) in [6.07, 6.45) is 1.54. The van der Waals surface area contributed by atoms with Crippen molar-refractivity contribution in [2.24, 2.45) is 0 Å². The number of hydrogen-bond acceptors (Lipinski definition) is 6. The molecule has 3 rings (SSSR count). The van der Waals surface area contributed by atoms with E-state index in [1.54, 1.807) is 0 Å². The van der Waals surface area contributed by atoms with Crippen molar-refractivity contribution < 1.29 is 9.53 Å². The maximum Gasteiger partial charge on any atom is 0.230 e. The minimum atomic E-state index is -0.0588. The van der Waals surface area contributed by atoms with Crippen molar-refractivity contribution >= 4 is 35.1 Å². The van der Waals surface area contributed by atoms with Gasteiger partial charge in [0.15, 0.2) is 0 Å². The molecule has 1 aromatic carbocycles. The van der Waals surface area contributed by atoms with Gasteiger partial charge in [-0.25, -0.2) is 9.97 Å². The van der Waals surface area contributed by atoms with Gasteiger partial charge in [0.1, 0.15) is 17.2 Å². The molecular weight excluding hydrogens is 360 g/mol. The molecule has 1 aliphatic rings. The van der Waals surface area contributed by atoms with Gasteiger partial charge in [-0.1, -0.05) is 41.6 Å². The Morgan fingerprint density at radius 1 is 1.28 bits per heavy atom. The molecule has 25 heavy (non-hydrogen) atoms. The van der Waals surface area contributed by atoms with Gasteiger partial charge >= 0.3 is 0 Å². The molecule has 1 aliphatic heterocycles. The van der Waals surface area contributed by atoms with Crippen LogP contribution in [0.5, 0.6) is 0 Å². The molecule has 2 heterocycles. The summed E-state index contributed by atoms with van der Waals surface area (Å²) in [5.41, 5.74) is 0.902. The molecule has 0 aliphatic carbocycles. The first kappa shape index (κ1) is 18.0. The van der Waals surface area contributed by atoms with Crippen LogP contribution in [-0.4, -0.2) is 47.9 Å². The van der Waals surface area contributed by atoms with Crippen LogP contribution in [-0.2, 0) is 16.1 Å². The van der Waals surface area contributed by atoms with E-state index in [1.807, 2.05) is 30.3 Å². The van der Waals surface area contributed by atoms with Gasteiger partial charge in [-0.15, -0.1) is 0 Å². The van der Waals surface area contributed by atoms with Crippen LogP contribution in [0.2, 0.25) is 5.02 Å². The number of carbonyl (C=O) groups is 1. The Balaban J connectivity index is 1.49. The normalized spacial score (nSPS) is 14.4. The zero-order chi connectivity index (χ0) is 17.5. The minimum absolute atomic E-state index is 0.0588. The van der Waals surface area contributed by atoms with Gasteiger partial charge in [0.05, 0.1) is 19.0 Å². The summed E-state index contributed by atoms with van der Waals surface area (Å²) in [5.74, 6) is 1.11. The first-order chi connectivity index (χ1) is 12.2. The van der Waals surface area contributed by atoms with Gasteiger partial charge in [0.2, 0.25) is 5.91 Å². The largest absolute Gasteiger partial charge is 0.378 e. The van der Waals surface area contributed by atoms with Gasteiger partial charge in [-0.3, -0.25) is 4.79 Å². The van der Waals surface area contributed by atoms with E-state index in [-0.39, 0.29) is 5.91 Å². The number of ether oxygens (including phenoxy) is 1. The van der Waals surface area contributed by atoms with Gasteiger partial charge in [0, 0.05) is 30.7 Å². The first-order valence-corrected chi connectivity index (χ1v) is 9.36. The molecule has 0 saturated carbocycles. The zero-order valence-corrected chi connectivity index (χ0v) is 15.2. The lowest BCUT2D eigenvalue weighted by Gasteiger charge is -2.27. The Kier molecular flexibility index (Phi) is 6.49. The number of rotatable bonds is 6. The van der Waals surface area contributed by atoms with Gasteiger partial charge in [-0.05, 0) is 11.6 Å². The molecule has 1 saturated heterocycles. The van der Waals surface area contributed by atoms with Gasteiger partial charge in [-0.2, -0.15) is 0 Å². The standard InChI is InChI=1S/C17H19ClN4O2S/c18-14-4-2-1-3-13(14)10-19-16(23)11-25-17-9-15(20-12-21-17)22-5-7-24-8-6-22/h1-4,9,12H,5-8,10-11H2,(H,19,23). The van der Waals surface area contributed by atoms with E-state index in [1.165, 1.54) is 18.1 Å². The fourth-order valence-electron chi connectivity index (χ4n) is 2.40. The van der Waals surface area contributed by atoms with E-state index in [4.69, 9.17) is 16.3 Å². The summed E-state index contributed by atoms with van der Waals surface area (Å²) in [7, 11) is 0. The van der Waals surface area contributed by atoms with Crippen molar-refractivity contribution in [3.05, 3.63) is 47.2 Å². The summed E-state index contributed by atoms with van der Waals surface area (Å²) in [6.45, 7) is 3.47. The molecule has 6 nitrogen and oxygen atoms in total. The highest BCUT2D eigenvalue weighted by Crippen LogP contribution is 2.20. The van der Waals surface area contributed by atoms with Crippen molar-refractivity contribution in [1.82, 2.24) is 15.3 Å². The molecule has 1 N–H and O–H groups in total. The number of aromatic nitrogens is 2. The molecule has 1 fully saturated rings. The third kappa shape index (κ3) is 5.32. The van der Waals surface area contributed by atoms with Crippen molar-refractivity contribution in [1.29, 1.82) is 0 Å². The van der Waals surface area contributed by atoms with Crippen LogP contribution in [0.3, 0.4) is 0 Å². The van der Waals surface area contributed by atoms with Crippen LogP contribution in [0.25, 0.3) is 0 Å². The van der Waals surface area contributed by atoms with Crippen LogP contribution < -0.4 is 10.2 Å². The number of benzene rings is 1. The zero-order valence-electron chi connectivity index (χ0n) is 13.7. The maximum absolute atomic E-state index is 12.0. The van der Waals surface area contributed by atoms with Gasteiger partial charge < -0.3 is 15.0 Å². The lowest BCUT2D eigenvalue weighted by atomic mass is 10.2. The summed E-state index contributed by atoms with van der Waals surface area (Å²) >= 11 is 7.48. The Hall–Kier alpha value is -1.83. The summed E-state index contributed by atoms with van der Waals surface area (Å²) in [6, 6.07) is 9.39. The Labute approximate surface area is 155 Å². The van der Waals surface area contributed by atoms with Crippen LogP contribution in [0.1, 0.15) is 5.56 Å². The number of anilines is 1. The maximum atomic E-state index is 12.0. The van der Waals surface area contributed by atoms with E-state index in [0.717, 1.165) is 29.5 Å². The summed E-state index contributed by atoms with van der Waals surface area (Å²) < 4.78 is 5.35. The molecule has 0 radical (unpaired) electrons.